The van der Waals surface area contributed by atoms with Crippen LogP contribution in [0.5, 0.6) is 0 Å². The number of halogens is 1. The molecule has 0 unspecified atom stereocenters. The van der Waals surface area contributed by atoms with Gasteiger partial charge in [-0.25, -0.2) is 24.1 Å². The van der Waals surface area contributed by atoms with Crippen LogP contribution in [0.25, 0.3) is 11.6 Å². The molecule has 14 atom stereocenters. The molecule has 2 bridgehead atoms. The molecule has 5 N–H and O–H groups in total. The molecule has 0 radical (unpaired) electrons. The van der Waals surface area contributed by atoms with Gasteiger partial charge in [0.1, 0.15) is 41.3 Å². The average Bonchev–Trinajstić information content (AvgIpc) is 3.78. The summed E-state index contributed by atoms with van der Waals surface area (Å²) in [5, 5.41) is 31.7. The van der Waals surface area contributed by atoms with Crippen molar-refractivity contribution in [2.45, 2.75) is 187 Å². The van der Waals surface area contributed by atoms with E-state index in [1.165, 1.54) is 20.1 Å². The highest BCUT2D eigenvalue weighted by Crippen LogP contribution is 2.43. The zero-order chi connectivity index (χ0) is 52.7. The van der Waals surface area contributed by atoms with Crippen LogP contribution < -0.4 is 11.1 Å². The normalized spacial score (nSPS) is 35.1. The fourth-order valence-corrected chi connectivity index (χ4v) is 10.3. The molecule has 2 amide bonds. The SMILES string of the molecule is CCC(=O)/N=C1\[C@H](C)C[C@@]2(C)OC/C(=N/OCc3coc(-c4cccc(NC(=O)[C@@H](N)CC(C)C)n4)n3)CC[C@H]([C@H]1C)[C@](C)(O)[C@@H](CC)OC(=O)[C@@](C)(F)C(=O)[C@H](C)[C@H]2O[C@@H]1O[C@H](C)C[C@H](N(C)C)[C@H]1O. The molecule has 0 spiro atoms. The molecule has 396 valence electrons. The molecule has 2 aromatic heterocycles. The van der Waals surface area contributed by atoms with Gasteiger partial charge in [0, 0.05) is 30.0 Å². The second-order valence-electron chi connectivity index (χ2n) is 20.9. The molecular weight excluding hydrogens is 922 g/mol. The van der Waals surface area contributed by atoms with Crippen LogP contribution in [0.1, 0.15) is 127 Å². The molecule has 0 aromatic carbocycles. The van der Waals surface area contributed by atoms with Gasteiger partial charge in [-0.2, -0.15) is 0 Å². The third-order valence-electron chi connectivity index (χ3n) is 14.3. The summed E-state index contributed by atoms with van der Waals surface area (Å²) in [6.07, 6.45) is -2.88. The molecule has 3 fully saturated rings. The predicted molar refractivity (Wildman–Crippen MR) is 263 cm³/mol. The Morgan fingerprint density at radius 1 is 1.08 bits per heavy atom. The second kappa shape index (κ2) is 24.0. The molecule has 3 aliphatic heterocycles. The van der Waals surface area contributed by atoms with Crippen molar-refractivity contribution in [2.24, 2.45) is 45.5 Å². The standard InChI is InChI=1S/C51H78FN7O12/c1-14-38-51(11,65)34-20-19-32(58-68-26-33-24-66-46(54-33)36-17-16-18-39(55-36)56-45(63)35(53)21-27(3)4)25-67-49(9,23-28(5)41(30(34)7)57-40(60)15-2)44(31(8)43(62)50(10,52)48(64)70-38)71-47-42(61)37(59(12)13)22-29(6)69-47/h16-18,24,27-31,34-35,37-38,42,44,47,61,65H,14-15,19-23,25-26,53H2,1-13H3,(H,55,56,63)/b57-41+,58-32+/t28-,29-,30-,31+,34-,35+,37+,38-,42-,44-,47+,49-,50+,51+/m1/s1. The summed E-state index contributed by atoms with van der Waals surface area (Å²) in [7, 11) is 3.63. The van der Waals surface area contributed by atoms with Crippen LogP contribution >= 0.6 is 0 Å². The number of ketones is 1. The maximum Gasteiger partial charge on any atom is 0.351 e. The number of oxazole rings is 1. The first-order valence-electron chi connectivity index (χ1n) is 25.0. The molecule has 20 heteroatoms. The number of ether oxygens (including phenoxy) is 4. The number of amides is 2. The number of aliphatic hydroxyl groups excluding tert-OH is 1. The number of carbonyl (C=O) groups is 4. The molecule has 2 aromatic rings. The largest absolute Gasteiger partial charge is 0.457 e. The monoisotopic (exact) mass is 1000 g/mol. The summed E-state index contributed by atoms with van der Waals surface area (Å²) in [6.45, 7) is 17.9. The van der Waals surface area contributed by atoms with Crippen LogP contribution in [0, 0.1) is 29.6 Å². The first-order chi connectivity index (χ1) is 33.2. The zero-order valence-electron chi connectivity index (χ0n) is 43.8. The van der Waals surface area contributed by atoms with Gasteiger partial charge in [-0.05, 0) is 110 Å². The number of hydrogen-bond acceptors (Lipinski definition) is 17. The van der Waals surface area contributed by atoms with Crippen molar-refractivity contribution in [3.8, 4) is 11.6 Å². The van der Waals surface area contributed by atoms with Gasteiger partial charge in [0.25, 0.3) is 5.67 Å². The Hall–Kier alpha value is -4.57. The quantitative estimate of drug-likeness (QED) is 0.102. The highest BCUT2D eigenvalue weighted by atomic mass is 19.1. The minimum Gasteiger partial charge on any atom is -0.457 e. The molecule has 5 heterocycles. The van der Waals surface area contributed by atoms with Crippen LogP contribution in [0.4, 0.5) is 10.2 Å². The van der Waals surface area contributed by atoms with Crippen LogP contribution in [0.3, 0.4) is 0 Å². The smallest absolute Gasteiger partial charge is 0.351 e. The van der Waals surface area contributed by atoms with Crippen molar-refractivity contribution in [1.82, 2.24) is 14.9 Å². The van der Waals surface area contributed by atoms with Crippen molar-refractivity contribution in [3.63, 3.8) is 0 Å². The molecule has 71 heavy (non-hydrogen) atoms. The highest BCUT2D eigenvalue weighted by molar-refractivity contribution is 6.08. The predicted octanol–water partition coefficient (Wildman–Crippen LogP) is 5.98. The summed E-state index contributed by atoms with van der Waals surface area (Å²) in [5.74, 6) is -6.27. The Labute approximate surface area is 417 Å². The van der Waals surface area contributed by atoms with Gasteiger partial charge in [0.05, 0.1) is 36.2 Å². The number of anilines is 1. The molecule has 0 aliphatic carbocycles. The minimum atomic E-state index is -3.22. The number of nitrogens with zero attached hydrogens (tertiary/aromatic N) is 5. The van der Waals surface area contributed by atoms with Crippen LogP contribution in [0.2, 0.25) is 0 Å². The molecule has 19 nitrogen and oxygen atoms in total. The summed E-state index contributed by atoms with van der Waals surface area (Å²) in [6, 6.07) is 3.87. The topological polar surface area (TPSA) is 260 Å². The number of likely N-dealkylation sites (N-methyl/N-ethyl adjacent to an activating group) is 1. The molecule has 0 saturated carbocycles. The Bertz CT molecular complexity index is 2230. The van der Waals surface area contributed by atoms with Gasteiger partial charge in [-0.1, -0.05) is 59.7 Å². The maximum atomic E-state index is 17.1. The first kappa shape index (κ1) is 57.3. The molecular formula is C51H78FN7O12. The van der Waals surface area contributed by atoms with Gasteiger partial charge in [0.2, 0.25) is 17.7 Å². The number of aliphatic hydroxyl groups is 2. The number of pyridine rings is 1. The number of rotatable bonds is 13. The van der Waals surface area contributed by atoms with E-state index in [1.54, 1.807) is 39.0 Å². The lowest BCUT2D eigenvalue weighted by Gasteiger charge is -2.48. The van der Waals surface area contributed by atoms with Crippen molar-refractivity contribution >= 4 is 40.8 Å². The molecule has 3 aliphatic rings. The van der Waals surface area contributed by atoms with E-state index in [0.717, 1.165) is 6.92 Å². The number of hydrogen-bond donors (Lipinski definition) is 4. The van der Waals surface area contributed by atoms with Crippen molar-refractivity contribution in [1.29, 1.82) is 0 Å². The lowest BCUT2D eigenvalue weighted by atomic mass is 9.68. The molecule has 3 saturated heterocycles. The number of Topliss-reactive ketones (excluding diaryl/α,β-unsaturated/α-hetero) is 1. The summed E-state index contributed by atoms with van der Waals surface area (Å²) in [5.41, 5.74) is 0.878. The van der Waals surface area contributed by atoms with E-state index < -0.39 is 101 Å². The summed E-state index contributed by atoms with van der Waals surface area (Å²) in [4.78, 5) is 76.1. The second-order valence-corrected chi connectivity index (χ2v) is 20.9. The highest BCUT2D eigenvalue weighted by Gasteiger charge is 2.56. The van der Waals surface area contributed by atoms with Gasteiger partial charge >= 0.3 is 5.97 Å². The van der Waals surface area contributed by atoms with Gasteiger partial charge in [-0.3, -0.25) is 14.4 Å². The minimum absolute atomic E-state index is 0.0178. The number of carbonyl (C=O) groups excluding carboxylic acids is 4. The number of aliphatic imine (C=N–C) groups is 1. The van der Waals surface area contributed by atoms with Crippen molar-refractivity contribution < 1.29 is 62.0 Å². The Morgan fingerprint density at radius 3 is 2.44 bits per heavy atom. The lowest BCUT2D eigenvalue weighted by molar-refractivity contribution is -0.296. The van der Waals surface area contributed by atoms with E-state index in [9.17, 15) is 29.4 Å². The van der Waals surface area contributed by atoms with E-state index in [0.29, 0.717) is 35.7 Å². The van der Waals surface area contributed by atoms with E-state index in [4.69, 9.17) is 33.9 Å². The lowest BCUT2D eigenvalue weighted by Crippen LogP contribution is -2.61. The number of alkyl halides is 1. The van der Waals surface area contributed by atoms with Crippen LogP contribution in [-0.2, 0) is 49.6 Å². The Balaban J connectivity index is 1.59. The number of aromatic nitrogens is 2. The number of oxime groups is 1. The summed E-state index contributed by atoms with van der Waals surface area (Å²) >= 11 is 0. The van der Waals surface area contributed by atoms with Crippen molar-refractivity contribution in [2.75, 3.05) is 26.0 Å². The third-order valence-corrected chi connectivity index (χ3v) is 14.3. The molecule has 5 rings (SSSR count). The van der Waals surface area contributed by atoms with Gasteiger partial charge < -0.3 is 54.4 Å². The first-order valence-corrected chi connectivity index (χ1v) is 25.0. The summed E-state index contributed by atoms with van der Waals surface area (Å²) < 4.78 is 48.5. The number of nitrogens with two attached hydrogens (primary N) is 1. The Kier molecular flexibility index (Phi) is 19.4. The van der Waals surface area contributed by atoms with Crippen molar-refractivity contribution in [3.05, 3.63) is 30.2 Å². The van der Waals surface area contributed by atoms with E-state index in [1.807, 2.05) is 53.6 Å². The number of esters is 1. The fourth-order valence-electron chi connectivity index (χ4n) is 10.3. The number of fused-ring (bicyclic) bond motifs is 5. The van der Waals surface area contributed by atoms with Crippen LogP contribution in [-0.4, -0.2) is 140 Å². The fraction of sp³-hybridized carbons (Fsp3) is 0.725. The van der Waals surface area contributed by atoms with E-state index in [2.05, 4.69) is 25.4 Å². The maximum absolute atomic E-state index is 17.1. The van der Waals surface area contributed by atoms with Crippen LogP contribution in [0.15, 0.2) is 39.0 Å². The zero-order valence-corrected chi connectivity index (χ0v) is 43.8. The average molecular weight is 1000 g/mol. The van der Waals surface area contributed by atoms with Gasteiger partial charge in [-0.15, -0.1) is 0 Å². The third kappa shape index (κ3) is 13.7. The van der Waals surface area contributed by atoms with E-state index >= 15 is 4.39 Å². The number of nitrogens with one attached hydrogen (secondary N) is 1. The number of cyclic esters (lactones) is 1. The Morgan fingerprint density at radius 2 is 1.79 bits per heavy atom. The van der Waals surface area contributed by atoms with E-state index in [-0.39, 0.29) is 68.9 Å². The van der Waals surface area contributed by atoms with Gasteiger partial charge in [0.15, 0.2) is 18.7 Å².